The van der Waals surface area contributed by atoms with Crippen molar-refractivity contribution in [3.8, 4) is 0 Å². The maximum Gasteiger partial charge on any atom is 0.279 e. The summed E-state index contributed by atoms with van der Waals surface area (Å²) in [4.78, 5) is 0. The van der Waals surface area contributed by atoms with Gasteiger partial charge in [0.15, 0.2) is 5.03 Å². The van der Waals surface area contributed by atoms with E-state index in [2.05, 4.69) is 15.1 Å². The van der Waals surface area contributed by atoms with Crippen molar-refractivity contribution in [1.29, 1.82) is 0 Å². The number of nitrogens with one attached hydrogen (secondary N) is 2. The van der Waals surface area contributed by atoms with Crippen LogP contribution < -0.4 is 10.0 Å². The van der Waals surface area contributed by atoms with Gasteiger partial charge in [0.05, 0.1) is 6.20 Å². The summed E-state index contributed by atoms with van der Waals surface area (Å²) in [6, 6.07) is 8.67. The first-order chi connectivity index (χ1) is 9.03. The summed E-state index contributed by atoms with van der Waals surface area (Å²) in [6.45, 7) is 0.745. The Hall–Kier alpha value is -1.86. The zero-order chi connectivity index (χ0) is 13.9. The van der Waals surface area contributed by atoms with Gasteiger partial charge in [-0.15, -0.1) is 0 Å². The van der Waals surface area contributed by atoms with Crippen molar-refractivity contribution in [2.45, 2.75) is 11.6 Å². The number of anilines is 1. The third-order valence-electron chi connectivity index (χ3n) is 2.64. The molecule has 102 valence electrons. The maximum atomic E-state index is 12.1. The van der Waals surface area contributed by atoms with Gasteiger partial charge in [0.25, 0.3) is 10.0 Å². The van der Waals surface area contributed by atoms with Crippen LogP contribution in [0.1, 0.15) is 5.56 Å². The highest BCUT2D eigenvalue weighted by Gasteiger charge is 2.17. The van der Waals surface area contributed by atoms with Crippen LogP contribution >= 0.6 is 0 Å². The molecule has 6 nitrogen and oxygen atoms in total. The Balaban J connectivity index is 2.19. The van der Waals surface area contributed by atoms with Crippen molar-refractivity contribution >= 4 is 15.7 Å². The fourth-order valence-corrected chi connectivity index (χ4v) is 2.91. The average molecular weight is 280 g/mol. The molecule has 2 rings (SSSR count). The van der Waals surface area contributed by atoms with Crippen molar-refractivity contribution in [2.75, 3.05) is 11.8 Å². The molecule has 0 aliphatic carbocycles. The molecule has 19 heavy (non-hydrogen) atoms. The molecule has 0 saturated heterocycles. The maximum absolute atomic E-state index is 12.1. The van der Waals surface area contributed by atoms with E-state index in [-0.39, 0.29) is 5.03 Å². The highest BCUT2D eigenvalue weighted by Crippen LogP contribution is 2.15. The topological polar surface area (TPSA) is 76.0 Å². The van der Waals surface area contributed by atoms with Crippen LogP contribution in [0, 0.1) is 0 Å². The van der Waals surface area contributed by atoms with Crippen molar-refractivity contribution in [3.63, 3.8) is 0 Å². The van der Waals surface area contributed by atoms with Gasteiger partial charge in [-0.05, 0) is 30.8 Å². The summed E-state index contributed by atoms with van der Waals surface area (Å²) >= 11 is 0. The second-order valence-corrected chi connectivity index (χ2v) is 5.76. The molecule has 1 heterocycles. The number of aryl methyl sites for hydroxylation is 1. The molecule has 0 bridgehead atoms. The van der Waals surface area contributed by atoms with Gasteiger partial charge in [-0.1, -0.05) is 12.1 Å². The van der Waals surface area contributed by atoms with E-state index in [0.29, 0.717) is 5.69 Å². The number of nitrogens with zero attached hydrogens (tertiary/aromatic N) is 2. The van der Waals surface area contributed by atoms with E-state index in [4.69, 9.17) is 0 Å². The van der Waals surface area contributed by atoms with Crippen LogP contribution in [0.15, 0.2) is 41.6 Å². The van der Waals surface area contributed by atoms with E-state index in [1.807, 2.05) is 19.2 Å². The largest absolute Gasteiger partial charge is 0.316 e. The third kappa shape index (κ3) is 3.12. The fourth-order valence-electron chi connectivity index (χ4n) is 1.73. The average Bonchev–Trinajstić information content (AvgIpc) is 2.79. The van der Waals surface area contributed by atoms with Gasteiger partial charge in [-0.3, -0.25) is 9.40 Å². The number of hydrogen-bond donors (Lipinski definition) is 2. The second kappa shape index (κ2) is 5.41. The van der Waals surface area contributed by atoms with Gasteiger partial charge in [0.2, 0.25) is 0 Å². The van der Waals surface area contributed by atoms with Crippen molar-refractivity contribution in [2.24, 2.45) is 7.05 Å². The van der Waals surface area contributed by atoms with Crippen LogP contribution in [0.2, 0.25) is 0 Å². The molecule has 2 aromatic rings. The lowest BCUT2D eigenvalue weighted by Crippen LogP contribution is -2.16. The highest BCUT2D eigenvalue weighted by molar-refractivity contribution is 7.92. The molecule has 0 amide bonds. The molecule has 0 aliphatic rings. The predicted molar refractivity (Wildman–Crippen MR) is 73.2 cm³/mol. The van der Waals surface area contributed by atoms with Gasteiger partial charge < -0.3 is 5.32 Å². The number of hydrogen-bond acceptors (Lipinski definition) is 4. The molecule has 1 aromatic heterocycles. The first-order valence-electron chi connectivity index (χ1n) is 5.77. The molecule has 0 fully saturated rings. The summed E-state index contributed by atoms with van der Waals surface area (Å²) in [7, 11) is -0.143. The Labute approximate surface area is 112 Å². The monoisotopic (exact) mass is 280 g/mol. The molecule has 2 N–H and O–H groups in total. The second-order valence-electron chi connectivity index (χ2n) is 4.13. The lowest BCUT2D eigenvalue weighted by molar-refractivity contribution is 0.582. The zero-order valence-corrected chi connectivity index (χ0v) is 11.6. The first kappa shape index (κ1) is 13.6. The minimum atomic E-state index is -3.59. The standard InChI is InChI=1S/C12H16N4O2S/c1-13-9-10-3-5-11(6-4-10)15-19(17,18)12-7-8-14-16(12)2/h3-8,13,15H,9H2,1-2H3. The predicted octanol–water partition coefficient (Wildman–Crippen LogP) is 0.940. The Morgan fingerprint density at radius 1 is 1.21 bits per heavy atom. The Bertz CT molecular complexity index is 647. The van der Waals surface area contributed by atoms with E-state index in [1.54, 1.807) is 19.2 Å². The summed E-state index contributed by atoms with van der Waals surface area (Å²) < 4.78 is 28.1. The molecular weight excluding hydrogens is 264 g/mol. The van der Waals surface area contributed by atoms with E-state index in [1.165, 1.54) is 16.9 Å². The number of sulfonamides is 1. The fraction of sp³-hybridized carbons (Fsp3) is 0.250. The van der Waals surface area contributed by atoms with E-state index < -0.39 is 10.0 Å². The van der Waals surface area contributed by atoms with Crippen LogP contribution in [-0.4, -0.2) is 25.2 Å². The molecule has 7 heteroatoms. The summed E-state index contributed by atoms with van der Waals surface area (Å²) in [5, 5.41) is 7.01. The van der Waals surface area contributed by atoms with Crippen LogP contribution in [0.4, 0.5) is 5.69 Å². The molecule has 1 aromatic carbocycles. The molecular formula is C12H16N4O2S. The van der Waals surface area contributed by atoms with Crippen LogP contribution in [0.5, 0.6) is 0 Å². The van der Waals surface area contributed by atoms with Crippen molar-refractivity contribution in [1.82, 2.24) is 15.1 Å². The van der Waals surface area contributed by atoms with Crippen molar-refractivity contribution in [3.05, 3.63) is 42.1 Å². The lowest BCUT2D eigenvalue weighted by atomic mass is 10.2. The van der Waals surface area contributed by atoms with E-state index in [0.717, 1.165) is 12.1 Å². The van der Waals surface area contributed by atoms with Gasteiger partial charge in [0, 0.05) is 19.3 Å². The minimum Gasteiger partial charge on any atom is -0.316 e. The van der Waals surface area contributed by atoms with Gasteiger partial charge >= 0.3 is 0 Å². The highest BCUT2D eigenvalue weighted by atomic mass is 32.2. The normalized spacial score (nSPS) is 11.5. The zero-order valence-electron chi connectivity index (χ0n) is 10.8. The van der Waals surface area contributed by atoms with E-state index in [9.17, 15) is 8.42 Å². The quantitative estimate of drug-likeness (QED) is 0.854. The number of aromatic nitrogens is 2. The lowest BCUT2D eigenvalue weighted by Gasteiger charge is -2.08. The Morgan fingerprint density at radius 2 is 1.89 bits per heavy atom. The smallest absolute Gasteiger partial charge is 0.279 e. The van der Waals surface area contributed by atoms with Crippen LogP contribution in [-0.2, 0) is 23.6 Å². The number of rotatable bonds is 5. The van der Waals surface area contributed by atoms with Crippen LogP contribution in [0.3, 0.4) is 0 Å². The number of benzene rings is 1. The molecule has 0 saturated carbocycles. The first-order valence-corrected chi connectivity index (χ1v) is 7.25. The third-order valence-corrected chi connectivity index (χ3v) is 4.09. The molecule has 0 radical (unpaired) electrons. The van der Waals surface area contributed by atoms with Gasteiger partial charge in [-0.25, -0.2) is 0 Å². The van der Waals surface area contributed by atoms with E-state index >= 15 is 0 Å². The Kier molecular flexibility index (Phi) is 3.87. The SMILES string of the molecule is CNCc1ccc(NS(=O)(=O)c2ccnn2C)cc1. The molecule has 0 spiro atoms. The van der Waals surface area contributed by atoms with Crippen LogP contribution in [0.25, 0.3) is 0 Å². The minimum absolute atomic E-state index is 0.131. The van der Waals surface area contributed by atoms with Gasteiger partial charge in [0.1, 0.15) is 0 Å². The molecule has 0 aliphatic heterocycles. The summed E-state index contributed by atoms with van der Waals surface area (Å²) in [6.07, 6.45) is 1.45. The van der Waals surface area contributed by atoms with Crippen molar-refractivity contribution < 1.29 is 8.42 Å². The molecule has 0 unspecified atom stereocenters. The summed E-state index contributed by atoms with van der Waals surface area (Å²) in [5.74, 6) is 0. The molecule has 0 atom stereocenters. The Morgan fingerprint density at radius 3 is 2.42 bits per heavy atom. The summed E-state index contributed by atoms with van der Waals surface area (Å²) in [5.41, 5.74) is 1.62. The van der Waals surface area contributed by atoms with Gasteiger partial charge in [-0.2, -0.15) is 13.5 Å².